The van der Waals surface area contributed by atoms with Gasteiger partial charge in [0.05, 0.1) is 4.34 Å². The molecule has 0 aliphatic rings. The summed E-state index contributed by atoms with van der Waals surface area (Å²) < 4.78 is 19.3. The van der Waals surface area contributed by atoms with Crippen LogP contribution in [0.25, 0.3) is 0 Å². The Hall–Kier alpha value is -1.10. The summed E-state index contributed by atoms with van der Waals surface area (Å²) in [5.41, 5.74) is 5.92. The first-order valence-corrected chi connectivity index (χ1v) is 6.69. The summed E-state index contributed by atoms with van der Waals surface area (Å²) >= 11 is 7.34. The van der Waals surface area contributed by atoms with Gasteiger partial charge in [-0.05, 0) is 43.3 Å². The lowest BCUT2D eigenvalue weighted by atomic mass is 10.1. The van der Waals surface area contributed by atoms with E-state index in [1.807, 2.05) is 19.1 Å². The first-order valence-electron chi connectivity index (χ1n) is 5.49. The molecular weight excluding hydrogens is 273 g/mol. The van der Waals surface area contributed by atoms with E-state index in [4.69, 9.17) is 22.1 Å². The molecule has 1 heterocycles. The van der Waals surface area contributed by atoms with Gasteiger partial charge in [0.1, 0.15) is 17.7 Å². The van der Waals surface area contributed by atoms with Gasteiger partial charge in [-0.2, -0.15) is 0 Å². The highest BCUT2D eigenvalue weighted by Crippen LogP contribution is 2.31. The van der Waals surface area contributed by atoms with Crippen LogP contribution in [-0.2, 0) is 0 Å². The van der Waals surface area contributed by atoms with Crippen molar-refractivity contribution < 1.29 is 9.13 Å². The second kappa shape index (κ2) is 5.69. The SMILES string of the molecule is CC(N)C(Oc1ccc(F)cc1)c1ccc(Cl)s1. The molecule has 0 fully saturated rings. The van der Waals surface area contributed by atoms with Crippen LogP contribution in [0, 0.1) is 5.82 Å². The van der Waals surface area contributed by atoms with Crippen molar-refractivity contribution >= 4 is 22.9 Å². The van der Waals surface area contributed by atoms with Gasteiger partial charge in [-0.1, -0.05) is 11.6 Å². The van der Waals surface area contributed by atoms with Crippen LogP contribution in [0.2, 0.25) is 4.34 Å². The van der Waals surface area contributed by atoms with E-state index in [1.165, 1.54) is 23.5 Å². The average Bonchev–Trinajstić information content (AvgIpc) is 2.74. The van der Waals surface area contributed by atoms with Crippen molar-refractivity contribution in [2.75, 3.05) is 0 Å². The monoisotopic (exact) mass is 285 g/mol. The van der Waals surface area contributed by atoms with Gasteiger partial charge in [0.25, 0.3) is 0 Å². The van der Waals surface area contributed by atoms with Crippen molar-refractivity contribution in [2.45, 2.75) is 19.1 Å². The lowest BCUT2D eigenvalue weighted by molar-refractivity contribution is 0.184. The predicted octanol–water partition coefficient (Wildman–Crippen LogP) is 4.01. The first kappa shape index (κ1) is 13.3. The van der Waals surface area contributed by atoms with Gasteiger partial charge in [-0.3, -0.25) is 0 Å². The summed E-state index contributed by atoms with van der Waals surface area (Å²) in [4.78, 5) is 0.958. The minimum atomic E-state index is -0.293. The Labute approximate surface area is 114 Å². The Kier molecular flexibility index (Phi) is 4.22. The van der Waals surface area contributed by atoms with Gasteiger partial charge in [-0.15, -0.1) is 11.3 Å². The lowest BCUT2D eigenvalue weighted by Gasteiger charge is -2.21. The molecule has 96 valence electrons. The Bertz CT molecular complexity index is 512. The molecule has 2 aromatic rings. The molecule has 2 rings (SSSR count). The maximum Gasteiger partial charge on any atom is 0.148 e. The third kappa shape index (κ3) is 3.22. The van der Waals surface area contributed by atoms with Crippen LogP contribution < -0.4 is 10.5 Å². The number of benzene rings is 1. The van der Waals surface area contributed by atoms with Crippen molar-refractivity contribution in [3.05, 3.63) is 51.4 Å². The molecule has 0 aliphatic carbocycles. The zero-order valence-corrected chi connectivity index (χ0v) is 11.3. The highest BCUT2D eigenvalue weighted by atomic mass is 35.5. The standard InChI is InChI=1S/C13H13ClFNOS/c1-8(16)13(11-6-7-12(14)18-11)17-10-4-2-9(15)3-5-10/h2-8,13H,16H2,1H3. The number of halogens is 2. The van der Waals surface area contributed by atoms with Gasteiger partial charge in [0.2, 0.25) is 0 Å². The molecular formula is C13H13ClFNOS. The molecule has 0 radical (unpaired) electrons. The Morgan fingerprint density at radius 2 is 1.89 bits per heavy atom. The number of thiophene rings is 1. The van der Waals surface area contributed by atoms with Crippen LogP contribution in [0.3, 0.4) is 0 Å². The summed E-state index contributed by atoms with van der Waals surface area (Å²) in [6, 6.07) is 9.39. The van der Waals surface area contributed by atoms with Crippen molar-refractivity contribution in [1.82, 2.24) is 0 Å². The molecule has 1 aromatic carbocycles. The van der Waals surface area contributed by atoms with E-state index in [1.54, 1.807) is 12.1 Å². The Morgan fingerprint density at radius 1 is 1.22 bits per heavy atom. The molecule has 0 saturated heterocycles. The first-order chi connectivity index (χ1) is 8.56. The van der Waals surface area contributed by atoms with Crippen molar-refractivity contribution in [1.29, 1.82) is 0 Å². The van der Waals surface area contributed by atoms with Crippen LogP contribution in [0.4, 0.5) is 4.39 Å². The molecule has 0 spiro atoms. The summed E-state index contributed by atoms with van der Waals surface area (Å²) in [7, 11) is 0. The molecule has 0 amide bonds. The summed E-state index contributed by atoms with van der Waals surface area (Å²) in [6.45, 7) is 1.86. The fourth-order valence-corrected chi connectivity index (χ4v) is 2.77. The fourth-order valence-electron chi connectivity index (χ4n) is 1.57. The minimum absolute atomic E-state index is 0.190. The second-order valence-electron chi connectivity index (χ2n) is 3.99. The third-order valence-corrected chi connectivity index (χ3v) is 3.72. The molecule has 2 nitrogen and oxygen atoms in total. The van der Waals surface area contributed by atoms with Gasteiger partial charge in [0.15, 0.2) is 0 Å². The van der Waals surface area contributed by atoms with Crippen LogP contribution in [0.1, 0.15) is 17.9 Å². The third-order valence-electron chi connectivity index (χ3n) is 2.43. The van der Waals surface area contributed by atoms with Crippen molar-refractivity contribution in [3.63, 3.8) is 0 Å². The molecule has 2 N–H and O–H groups in total. The highest BCUT2D eigenvalue weighted by Gasteiger charge is 2.20. The average molecular weight is 286 g/mol. The van der Waals surface area contributed by atoms with E-state index >= 15 is 0 Å². The largest absolute Gasteiger partial charge is 0.483 e. The number of hydrogen-bond acceptors (Lipinski definition) is 3. The number of ether oxygens (including phenoxy) is 1. The van der Waals surface area contributed by atoms with Crippen molar-refractivity contribution in [2.24, 2.45) is 5.73 Å². The van der Waals surface area contributed by atoms with Crippen LogP contribution in [0.15, 0.2) is 36.4 Å². The Morgan fingerprint density at radius 3 is 2.39 bits per heavy atom. The molecule has 0 saturated carbocycles. The van der Waals surface area contributed by atoms with E-state index in [0.717, 1.165) is 4.88 Å². The quantitative estimate of drug-likeness (QED) is 0.921. The normalized spacial score (nSPS) is 14.2. The molecule has 0 bridgehead atoms. The minimum Gasteiger partial charge on any atom is -0.483 e. The number of rotatable bonds is 4. The molecule has 2 unspecified atom stereocenters. The molecule has 5 heteroatoms. The van der Waals surface area contributed by atoms with E-state index in [9.17, 15) is 4.39 Å². The fraction of sp³-hybridized carbons (Fsp3) is 0.231. The van der Waals surface area contributed by atoms with E-state index in [2.05, 4.69) is 0 Å². The summed E-state index contributed by atoms with van der Waals surface area (Å²) in [5.74, 6) is 0.294. The second-order valence-corrected chi connectivity index (χ2v) is 5.74. The number of nitrogens with two attached hydrogens (primary N) is 1. The molecule has 18 heavy (non-hydrogen) atoms. The van der Waals surface area contributed by atoms with E-state index < -0.39 is 0 Å². The Balaban J connectivity index is 2.19. The van der Waals surface area contributed by atoms with E-state index in [-0.39, 0.29) is 18.0 Å². The van der Waals surface area contributed by atoms with Crippen molar-refractivity contribution in [3.8, 4) is 5.75 Å². The van der Waals surface area contributed by atoms with E-state index in [0.29, 0.717) is 10.1 Å². The molecule has 0 aliphatic heterocycles. The predicted molar refractivity (Wildman–Crippen MR) is 72.7 cm³/mol. The zero-order valence-electron chi connectivity index (χ0n) is 9.77. The zero-order chi connectivity index (χ0) is 13.1. The van der Waals surface area contributed by atoms with Gasteiger partial charge < -0.3 is 10.5 Å². The smallest absolute Gasteiger partial charge is 0.148 e. The highest BCUT2D eigenvalue weighted by molar-refractivity contribution is 7.16. The topological polar surface area (TPSA) is 35.2 Å². The van der Waals surface area contributed by atoms with Crippen LogP contribution in [-0.4, -0.2) is 6.04 Å². The maximum atomic E-state index is 12.8. The van der Waals surface area contributed by atoms with Crippen LogP contribution in [0.5, 0.6) is 5.75 Å². The number of hydrogen-bond donors (Lipinski definition) is 1. The van der Waals surface area contributed by atoms with Gasteiger partial charge in [-0.25, -0.2) is 4.39 Å². The maximum absolute atomic E-state index is 12.8. The molecule has 2 atom stereocenters. The summed E-state index contributed by atoms with van der Waals surface area (Å²) in [5, 5.41) is 0. The molecule has 1 aromatic heterocycles. The summed E-state index contributed by atoms with van der Waals surface area (Å²) in [6.07, 6.45) is -0.284. The lowest BCUT2D eigenvalue weighted by Crippen LogP contribution is -2.28. The van der Waals surface area contributed by atoms with Gasteiger partial charge in [0, 0.05) is 10.9 Å². The van der Waals surface area contributed by atoms with Crippen LogP contribution >= 0.6 is 22.9 Å². The van der Waals surface area contributed by atoms with Gasteiger partial charge >= 0.3 is 0 Å².